The number of hydrogen-bond donors (Lipinski definition) is 0. The summed E-state index contributed by atoms with van der Waals surface area (Å²) in [5, 5.41) is 0.326. The average molecular weight is 375 g/mol. The fourth-order valence-corrected chi connectivity index (χ4v) is 4.58. The van der Waals surface area contributed by atoms with Crippen LogP contribution in [0.4, 0.5) is 0 Å². The normalized spacial score (nSPS) is 18.2. The summed E-state index contributed by atoms with van der Waals surface area (Å²) in [6, 6.07) is 0. The monoisotopic (exact) mass is 374 g/mol. The summed E-state index contributed by atoms with van der Waals surface area (Å²) in [6.07, 6.45) is 0.953. The summed E-state index contributed by atoms with van der Waals surface area (Å²) in [5.74, 6) is 0.0885. The molecule has 5 heteroatoms. The predicted octanol–water partition coefficient (Wildman–Crippen LogP) is 5.87. The van der Waals surface area contributed by atoms with E-state index in [2.05, 4.69) is 74.7 Å². The molecule has 0 N–H and O–H groups in total. The van der Waals surface area contributed by atoms with Crippen molar-refractivity contribution in [1.29, 1.82) is 0 Å². The van der Waals surface area contributed by atoms with Gasteiger partial charge >= 0.3 is 0 Å². The predicted molar refractivity (Wildman–Crippen MR) is 110 cm³/mol. The minimum atomic E-state index is -1.92. The van der Waals surface area contributed by atoms with Gasteiger partial charge < -0.3 is 13.6 Å². The lowest BCUT2D eigenvalue weighted by molar-refractivity contribution is -0.114. The minimum absolute atomic E-state index is 0.0758. The summed E-state index contributed by atoms with van der Waals surface area (Å²) in [4.78, 5) is 11.4. The second-order valence-electron chi connectivity index (χ2n) is 10.4. The van der Waals surface area contributed by atoms with Gasteiger partial charge in [-0.1, -0.05) is 55.4 Å². The van der Waals surface area contributed by atoms with Gasteiger partial charge in [0, 0.05) is 18.4 Å². The zero-order valence-corrected chi connectivity index (χ0v) is 20.2. The van der Waals surface area contributed by atoms with Crippen molar-refractivity contribution in [3.05, 3.63) is 0 Å². The number of carbonyl (C=O) groups excluding carboxylic acids is 1. The van der Waals surface area contributed by atoms with E-state index in [1.165, 1.54) is 0 Å². The lowest BCUT2D eigenvalue weighted by atomic mass is 9.95. The first kappa shape index (κ1) is 24.0. The topological polar surface area (TPSA) is 35.5 Å². The Morgan fingerprint density at radius 1 is 0.875 bits per heavy atom. The molecule has 0 aromatic rings. The number of hydrogen-bond acceptors (Lipinski definition) is 3. The third kappa shape index (κ3) is 6.39. The van der Waals surface area contributed by atoms with Gasteiger partial charge in [-0.15, -0.1) is 0 Å². The molecule has 0 spiro atoms. The molecule has 0 saturated heterocycles. The Balaban J connectivity index is 5.18. The summed E-state index contributed by atoms with van der Waals surface area (Å²) in [5.41, 5.74) is 0. The smallest absolute Gasteiger partial charge is 0.192 e. The van der Waals surface area contributed by atoms with Crippen molar-refractivity contribution in [3.8, 4) is 0 Å². The molecule has 3 nitrogen and oxygen atoms in total. The van der Waals surface area contributed by atoms with E-state index in [1.54, 1.807) is 0 Å². The molecular weight excluding hydrogens is 332 g/mol. The lowest BCUT2D eigenvalue weighted by Gasteiger charge is -2.43. The highest BCUT2D eigenvalue weighted by atomic mass is 28.4. The van der Waals surface area contributed by atoms with Crippen molar-refractivity contribution in [1.82, 2.24) is 0 Å². The van der Waals surface area contributed by atoms with Gasteiger partial charge in [0.15, 0.2) is 16.6 Å². The molecule has 0 heterocycles. The molecule has 0 radical (unpaired) electrons. The van der Waals surface area contributed by atoms with Gasteiger partial charge in [-0.05, 0) is 36.3 Å². The highest BCUT2D eigenvalue weighted by Gasteiger charge is 2.42. The zero-order valence-electron chi connectivity index (χ0n) is 18.2. The highest BCUT2D eigenvalue weighted by Crippen LogP contribution is 2.40. The van der Waals surface area contributed by atoms with E-state index >= 15 is 0 Å². The Hall–Kier alpha value is 0.0238. The molecule has 144 valence electrons. The van der Waals surface area contributed by atoms with Crippen molar-refractivity contribution in [3.63, 3.8) is 0 Å². The SMILES string of the molecule is CC(C=O)C(O[Si](C)(C)C(C)(C)C)C(C)CO[Si](C)(C)C(C)(C)C. The fourth-order valence-electron chi connectivity index (χ4n) is 1.99. The summed E-state index contributed by atoms with van der Waals surface area (Å²) < 4.78 is 13.0. The minimum Gasteiger partial charge on any atom is -0.416 e. The van der Waals surface area contributed by atoms with E-state index < -0.39 is 16.6 Å². The number of rotatable bonds is 8. The Morgan fingerprint density at radius 2 is 1.29 bits per heavy atom. The molecule has 0 rings (SSSR count). The van der Waals surface area contributed by atoms with Crippen LogP contribution in [0.5, 0.6) is 0 Å². The Kier molecular flexibility index (Phi) is 8.16. The molecule has 3 unspecified atom stereocenters. The molecule has 24 heavy (non-hydrogen) atoms. The second-order valence-corrected chi connectivity index (χ2v) is 20.0. The summed E-state index contributed by atoms with van der Waals surface area (Å²) in [7, 11) is -3.71. The van der Waals surface area contributed by atoms with Gasteiger partial charge in [-0.2, -0.15) is 0 Å². The van der Waals surface area contributed by atoms with Crippen LogP contribution in [0, 0.1) is 11.8 Å². The Labute approximate surface area is 153 Å². The number of aldehydes is 1. The first-order valence-corrected chi connectivity index (χ1v) is 15.0. The van der Waals surface area contributed by atoms with Crippen molar-refractivity contribution in [2.75, 3.05) is 6.61 Å². The molecular formula is C19H42O3Si2. The van der Waals surface area contributed by atoms with Gasteiger partial charge in [0.1, 0.15) is 6.29 Å². The van der Waals surface area contributed by atoms with Gasteiger partial charge in [-0.3, -0.25) is 0 Å². The molecule has 3 atom stereocenters. The second kappa shape index (κ2) is 8.15. The van der Waals surface area contributed by atoms with Crippen molar-refractivity contribution in [2.45, 2.75) is 97.8 Å². The molecule has 0 aromatic carbocycles. The van der Waals surface area contributed by atoms with E-state index in [1.807, 2.05) is 6.92 Å². The van der Waals surface area contributed by atoms with Crippen molar-refractivity contribution >= 4 is 22.9 Å². The highest BCUT2D eigenvalue weighted by molar-refractivity contribution is 6.74. The molecule has 0 saturated carbocycles. The van der Waals surface area contributed by atoms with Crippen molar-refractivity contribution in [2.24, 2.45) is 11.8 Å². The van der Waals surface area contributed by atoms with Crippen LogP contribution in [-0.2, 0) is 13.6 Å². The van der Waals surface area contributed by atoms with Gasteiger partial charge in [0.25, 0.3) is 0 Å². The van der Waals surface area contributed by atoms with Crippen LogP contribution in [-0.4, -0.2) is 35.6 Å². The van der Waals surface area contributed by atoms with Crippen LogP contribution in [0.15, 0.2) is 0 Å². The van der Waals surface area contributed by atoms with Crippen LogP contribution in [0.1, 0.15) is 55.4 Å². The van der Waals surface area contributed by atoms with Gasteiger partial charge in [-0.25, -0.2) is 0 Å². The molecule has 0 aliphatic heterocycles. The third-order valence-electron chi connectivity index (χ3n) is 6.04. The van der Waals surface area contributed by atoms with Crippen LogP contribution >= 0.6 is 0 Å². The van der Waals surface area contributed by atoms with E-state index in [-0.39, 0.29) is 28.0 Å². The van der Waals surface area contributed by atoms with E-state index in [4.69, 9.17) is 8.85 Å². The molecule has 0 bridgehead atoms. The van der Waals surface area contributed by atoms with E-state index in [0.717, 1.165) is 6.29 Å². The van der Waals surface area contributed by atoms with Gasteiger partial charge in [0.05, 0.1) is 6.10 Å². The first-order chi connectivity index (χ1) is 10.5. The maximum atomic E-state index is 11.4. The molecule has 0 fully saturated rings. The maximum absolute atomic E-state index is 11.4. The van der Waals surface area contributed by atoms with Crippen LogP contribution in [0.3, 0.4) is 0 Å². The summed E-state index contributed by atoms with van der Waals surface area (Å²) in [6.45, 7) is 27.3. The summed E-state index contributed by atoms with van der Waals surface area (Å²) >= 11 is 0. The fraction of sp³-hybridized carbons (Fsp3) is 0.947. The van der Waals surface area contributed by atoms with Crippen molar-refractivity contribution < 1.29 is 13.6 Å². The Bertz CT molecular complexity index is 406. The largest absolute Gasteiger partial charge is 0.416 e. The molecule has 0 aromatic heterocycles. The number of carbonyl (C=O) groups is 1. The van der Waals surface area contributed by atoms with E-state index in [0.29, 0.717) is 6.61 Å². The molecule has 0 aliphatic rings. The lowest BCUT2D eigenvalue weighted by Crippen LogP contribution is -2.49. The van der Waals surface area contributed by atoms with Gasteiger partial charge in [0.2, 0.25) is 0 Å². The first-order valence-electron chi connectivity index (χ1n) is 9.23. The van der Waals surface area contributed by atoms with E-state index in [9.17, 15) is 4.79 Å². The zero-order chi connectivity index (χ0) is 19.6. The van der Waals surface area contributed by atoms with Crippen LogP contribution in [0.2, 0.25) is 36.3 Å². The quantitative estimate of drug-likeness (QED) is 0.394. The average Bonchev–Trinajstić information content (AvgIpc) is 2.38. The van der Waals surface area contributed by atoms with Crippen LogP contribution < -0.4 is 0 Å². The third-order valence-corrected chi connectivity index (χ3v) is 15.0. The maximum Gasteiger partial charge on any atom is 0.192 e. The standard InChI is InChI=1S/C19H42O3Si2/c1-15(13-20)17(22-24(11,12)19(6,7)8)16(2)14-21-23(9,10)18(3,4)5/h13,15-17H,14H2,1-12H3. The molecule has 0 amide bonds. The Morgan fingerprint density at radius 3 is 1.62 bits per heavy atom. The van der Waals surface area contributed by atoms with Crippen LogP contribution in [0.25, 0.3) is 0 Å². The molecule has 0 aliphatic carbocycles.